The van der Waals surface area contributed by atoms with Gasteiger partial charge in [0.05, 0.1) is 16.8 Å². The van der Waals surface area contributed by atoms with Crippen molar-refractivity contribution in [3.63, 3.8) is 0 Å². The number of carbonyl (C=O) groups is 2. The molecule has 6 heteroatoms. The summed E-state index contributed by atoms with van der Waals surface area (Å²) in [4.78, 5) is 32.9. The molecule has 2 amide bonds. The monoisotopic (exact) mass is 369 g/mol. The molecule has 2 aromatic rings. The summed E-state index contributed by atoms with van der Waals surface area (Å²) in [5.41, 5.74) is 2.31. The Balaban J connectivity index is 1.56. The molecule has 0 radical (unpaired) electrons. The van der Waals surface area contributed by atoms with Gasteiger partial charge in [-0.1, -0.05) is 47.7 Å². The van der Waals surface area contributed by atoms with Gasteiger partial charge in [-0.25, -0.2) is 4.98 Å². The van der Waals surface area contributed by atoms with Crippen molar-refractivity contribution in [1.29, 1.82) is 0 Å². The van der Waals surface area contributed by atoms with E-state index in [4.69, 9.17) is 0 Å². The second-order valence-corrected chi connectivity index (χ2v) is 7.85. The zero-order valence-corrected chi connectivity index (χ0v) is 15.9. The zero-order chi connectivity index (χ0) is 18.5. The highest BCUT2D eigenvalue weighted by Crippen LogP contribution is 2.23. The zero-order valence-electron chi connectivity index (χ0n) is 15.1. The first-order chi connectivity index (χ1) is 12.5. The van der Waals surface area contributed by atoms with Crippen LogP contribution in [0.2, 0.25) is 0 Å². The Morgan fingerprint density at radius 3 is 2.77 bits per heavy atom. The number of piperazine rings is 1. The van der Waals surface area contributed by atoms with Crippen molar-refractivity contribution in [1.82, 2.24) is 14.8 Å². The maximum absolute atomic E-state index is 12.7. The fourth-order valence-electron chi connectivity index (χ4n) is 3.00. The van der Waals surface area contributed by atoms with Crippen molar-refractivity contribution in [2.45, 2.75) is 30.7 Å². The van der Waals surface area contributed by atoms with Crippen LogP contribution in [0.15, 0.2) is 53.7 Å². The van der Waals surface area contributed by atoms with Gasteiger partial charge in [0.25, 0.3) is 0 Å². The minimum absolute atomic E-state index is 0.00106. The van der Waals surface area contributed by atoms with Crippen LogP contribution in [0.4, 0.5) is 0 Å². The summed E-state index contributed by atoms with van der Waals surface area (Å²) in [5.74, 6) is -0.00893. The lowest BCUT2D eigenvalue weighted by atomic mass is 10.1. The third-order valence-electron chi connectivity index (χ3n) is 4.37. The van der Waals surface area contributed by atoms with Gasteiger partial charge < -0.3 is 9.80 Å². The number of amides is 2. The van der Waals surface area contributed by atoms with Crippen LogP contribution in [0.1, 0.15) is 18.1 Å². The van der Waals surface area contributed by atoms with Crippen LogP contribution < -0.4 is 0 Å². The van der Waals surface area contributed by atoms with Crippen molar-refractivity contribution < 1.29 is 9.59 Å². The maximum Gasteiger partial charge on any atom is 0.242 e. The fraction of sp³-hybridized carbons (Fsp3) is 0.350. The molecule has 26 heavy (non-hydrogen) atoms. The third kappa shape index (κ3) is 4.64. The Kier molecular flexibility index (Phi) is 5.93. The topological polar surface area (TPSA) is 53.5 Å². The van der Waals surface area contributed by atoms with E-state index in [0.29, 0.717) is 19.6 Å². The van der Waals surface area contributed by atoms with E-state index in [-0.39, 0.29) is 23.6 Å². The molecular formula is C20H23N3O2S. The quantitative estimate of drug-likeness (QED) is 0.761. The maximum atomic E-state index is 12.7. The van der Waals surface area contributed by atoms with E-state index in [9.17, 15) is 9.59 Å². The van der Waals surface area contributed by atoms with Crippen molar-refractivity contribution in [3.05, 3.63) is 59.8 Å². The molecule has 5 nitrogen and oxygen atoms in total. The molecular weight excluding hydrogens is 346 g/mol. The van der Waals surface area contributed by atoms with E-state index < -0.39 is 0 Å². The van der Waals surface area contributed by atoms with Crippen LogP contribution in [0, 0.1) is 6.92 Å². The van der Waals surface area contributed by atoms with Gasteiger partial charge in [-0.3, -0.25) is 9.59 Å². The SMILES string of the molecule is Cc1cccc(CN2CCN(C(=O)[C@H](C)Sc3ccccn3)CC2=O)c1. The number of thioether (sulfide) groups is 1. The number of nitrogens with zero attached hydrogens (tertiary/aromatic N) is 3. The number of carbonyl (C=O) groups excluding carboxylic acids is 2. The molecule has 1 aliphatic rings. The van der Waals surface area contributed by atoms with Gasteiger partial charge in [0.15, 0.2) is 0 Å². The third-order valence-corrected chi connectivity index (χ3v) is 5.41. The van der Waals surface area contributed by atoms with Crippen molar-refractivity contribution in [2.24, 2.45) is 0 Å². The number of hydrogen-bond acceptors (Lipinski definition) is 4. The first-order valence-corrected chi connectivity index (χ1v) is 9.60. The van der Waals surface area contributed by atoms with Gasteiger partial charge in [0, 0.05) is 25.8 Å². The van der Waals surface area contributed by atoms with Crippen LogP contribution in [0.3, 0.4) is 0 Å². The van der Waals surface area contributed by atoms with Crippen LogP contribution in [-0.2, 0) is 16.1 Å². The highest BCUT2D eigenvalue weighted by Gasteiger charge is 2.30. The number of benzene rings is 1. The molecule has 1 aromatic carbocycles. The van der Waals surface area contributed by atoms with E-state index in [1.54, 1.807) is 11.1 Å². The van der Waals surface area contributed by atoms with Gasteiger partial charge in [0.2, 0.25) is 11.8 Å². The number of pyridine rings is 1. The minimum atomic E-state index is -0.263. The Morgan fingerprint density at radius 1 is 1.23 bits per heavy atom. The van der Waals surface area contributed by atoms with Gasteiger partial charge in [-0.15, -0.1) is 0 Å². The van der Waals surface area contributed by atoms with E-state index in [1.807, 2.05) is 55.1 Å². The normalized spacial score (nSPS) is 15.8. The Morgan fingerprint density at radius 2 is 2.08 bits per heavy atom. The molecule has 0 spiro atoms. The van der Waals surface area contributed by atoms with Gasteiger partial charge >= 0.3 is 0 Å². The van der Waals surface area contributed by atoms with Crippen LogP contribution in [0.25, 0.3) is 0 Å². The molecule has 1 aliphatic heterocycles. The largest absolute Gasteiger partial charge is 0.335 e. The van der Waals surface area contributed by atoms with Crippen molar-refractivity contribution in [2.75, 3.05) is 19.6 Å². The van der Waals surface area contributed by atoms with E-state index >= 15 is 0 Å². The summed E-state index contributed by atoms with van der Waals surface area (Å²) in [7, 11) is 0. The first-order valence-electron chi connectivity index (χ1n) is 8.73. The molecule has 2 heterocycles. The predicted molar refractivity (Wildman–Crippen MR) is 103 cm³/mol. The van der Waals surface area contributed by atoms with Gasteiger partial charge in [-0.05, 0) is 31.5 Å². The molecule has 1 saturated heterocycles. The number of hydrogen-bond donors (Lipinski definition) is 0. The lowest BCUT2D eigenvalue weighted by Crippen LogP contribution is -2.53. The van der Waals surface area contributed by atoms with Crippen LogP contribution >= 0.6 is 11.8 Å². The fourth-order valence-corrected chi connectivity index (χ4v) is 3.89. The molecule has 136 valence electrons. The predicted octanol–water partition coefficient (Wildman–Crippen LogP) is 2.74. The molecule has 0 saturated carbocycles. The summed E-state index contributed by atoms with van der Waals surface area (Å²) >= 11 is 1.42. The lowest BCUT2D eigenvalue weighted by molar-refractivity contribution is -0.145. The number of aryl methyl sites for hydroxylation is 1. The molecule has 3 rings (SSSR count). The standard InChI is InChI=1S/C20H23N3O2S/c1-15-6-5-7-17(12-15)13-22-10-11-23(14-19(22)24)20(25)16(2)26-18-8-3-4-9-21-18/h3-9,12,16H,10-11,13-14H2,1-2H3/t16-/m0/s1. The Labute approximate surface area is 158 Å². The lowest BCUT2D eigenvalue weighted by Gasteiger charge is -2.35. The highest BCUT2D eigenvalue weighted by atomic mass is 32.2. The molecule has 0 unspecified atom stereocenters. The first kappa shape index (κ1) is 18.5. The highest BCUT2D eigenvalue weighted by molar-refractivity contribution is 8.00. The second kappa shape index (κ2) is 8.36. The van der Waals surface area contributed by atoms with E-state index in [1.165, 1.54) is 17.3 Å². The van der Waals surface area contributed by atoms with Crippen molar-refractivity contribution in [3.8, 4) is 0 Å². The van der Waals surface area contributed by atoms with Crippen LogP contribution in [0.5, 0.6) is 0 Å². The molecule has 0 aliphatic carbocycles. The average molecular weight is 369 g/mol. The number of rotatable bonds is 5. The smallest absolute Gasteiger partial charge is 0.242 e. The van der Waals surface area contributed by atoms with Gasteiger partial charge in [0.1, 0.15) is 0 Å². The average Bonchev–Trinajstić information content (AvgIpc) is 2.63. The van der Waals surface area contributed by atoms with Crippen molar-refractivity contribution >= 4 is 23.6 Å². The summed E-state index contributed by atoms with van der Waals surface area (Å²) in [5, 5.41) is 0.554. The molecule has 1 aromatic heterocycles. The second-order valence-electron chi connectivity index (χ2n) is 6.49. The van der Waals surface area contributed by atoms with E-state index in [0.717, 1.165) is 10.6 Å². The minimum Gasteiger partial charge on any atom is -0.335 e. The summed E-state index contributed by atoms with van der Waals surface area (Å²) in [6.07, 6.45) is 1.72. The van der Waals surface area contributed by atoms with E-state index in [2.05, 4.69) is 11.1 Å². The molecule has 0 bridgehead atoms. The van der Waals surface area contributed by atoms with Gasteiger partial charge in [-0.2, -0.15) is 0 Å². The number of aromatic nitrogens is 1. The van der Waals surface area contributed by atoms with Crippen LogP contribution in [-0.4, -0.2) is 51.5 Å². The molecule has 0 N–H and O–H groups in total. The molecule has 1 fully saturated rings. The summed E-state index contributed by atoms with van der Waals surface area (Å²) < 4.78 is 0. The molecule has 1 atom stereocenters. The summed E-state index contributed by atoms with van der Waals surface area (Å²) in [6, 6.07) is 13.8. The Hall–Kier alpha value is -2.34. The Bertz CT molecular complexity index is 782. The summed E-state index contributed by atoms with van der Waals surface area (Å²) in [6.45, 7) is 5.80.